The van der Waals surface area contributed by atoms with E-state index in [1.165, 1.54) is 0 Å². The molecule has 8 nitrogen and oxygen atoms in total. The molecule has 0 aromatic heterocycles. The smallest absolute Gasteiger partial charge is 0.253 e. The van der Waals surface area contributed by atoms with Crippen LogP contribution in [-0.4, -0.2) is 70.7 Å². The number of anilines is 2. The minimum absolute atomic E-state index is 0.214. The van der Waals surface area contributed by atoms with Gasteiger partial charge in [-0.25, -0.2) is 0 Å². The van der Waals surface area contributed by atoms with Crippen molar-refractivity contribution in [3.05, 3.63) is 121 Å². The standard InChI is InChI=1S/C40H45N3O5/c1-6-22-41(30-16-12-9-13-17-30)36(45)33-34-37(46)43(31(26-44)25-29-14-10-8-11-15-29)35(40(34)21-20-39(33,5)48-40)38(47)42(23-7-2)32-24-27(3)18-19-28(32)4/h6-19,24,31,33-35,44H,1-2,20-23,25-26H2,3-5H3/t31-,33+,34+,35?,39-,40?/m1/s1. The summed E-state index contributed by atoms with van der Waals surface area (Å²) in [5, 5.41) is 10.9. The van der Waals surface area contributed by atoms with Gasteiger partial charge in [-0.1, -0.05) is 72.8 Å². The number of hydrogen-bond donors (Lipinski definition) is 1. The SMILES string of the molecule is C=CCN(C(=O)[C@@H]1[C@H]2C(=O)N([C@@H](CO)Cc3ccccc3)C(C(=O)N(CC=C)c3cc(C)ccc3C)C23CC[C@@]1(C)O3)c1ccccc1. The zero-order valence-corrected chi connectivity index (χ0v) is 28.0. The van der Waals surface area contributed by atoms with Crippen molar-refractivity contribution in [2.45, 2.75) is 63.3 Å². The van der Waals surface area contributed by atoms with E-state index in [9.17, 15) is 9.90 Å². The quantitative estimate of drug-likeness (QED) is 0.266. The number of carbonyl (C=O) groups excluding carboxylic acids is 3. The van der Waals surface area contributed by atoms with Gasteiger partial charge in [-0.3, -0.25) is 14.4 Å². The van der Waals surface area contributed by atoms with Crippen LogP contribution >= 0.6 is 0 Å². The third-order valence-electron chi connectivity index (χ3n) is 10.5. The number of amides is 3. The number of para-hydroxylation sites is 1. The Balaban J connectivity index is 1.49. The molecule has 3 aliphatic rings. The third kappa shape index (κ3) is 5.47. The van der Waals surface area contributed by atoms with E-state index in [1.807, 2.05) is 99.6 Å². The largest absolute Gasteiger partial charge is 0.394 e. The van der Waals surface area contributed by atoms with E-state index < -0.39 is 35.1 Å². The van der Waals surface area contributed by atoms with Gasteiger partial charge < -0.3 is 24.5 Å². The molecule has 6 rings (SSSR count). The Morgan fingerprint density at radius 1 is 0.958 bits per heavy atom. The molecule has 3 saturated heterocycles. The van der Waals surface area contributed by atoms with Crippen molar-refractivity contribution in [3.63, 3.8) is 0 Å². The van der Waals surface area contributed by atoms with Crippen LogP contribution in [0.1, 0.15) is 36.5 Å². The molecule has 3 amide bonds. The Labute approximate surface area is 283 Å². The highest BCUT2D eigenvalue weighted by molar-refractivity contribution is 6.07. The number of benzene rings is 3. The number of fused-ring (bicyclic) bond motifs is 1. The highest BCUT2D eigenvalue weighted by Crippen LogP contribution is 2.64. The number of aliphatic hydroxyl groups is 1. The molecule has 3 aromatic carbocycles. The molecule has 3 aromatic rings. The van der Waals surface area contributed by atoms with E-state index in [0.29, 0.717) is 24.9 Å². The van der Waals surface area contributed by atoms with Crippen LogP contribution in [-0.2, 0) is 25.5 Å². The molecule has 3 fully saturated rings. The number of nitrogens with zero attached hydrogens (tertiary/aromatic N) is 3. The molecule has 2 bridgehead atoms. The molecule has 8 heteroatoms. The maximum atomic E-state index is 15.2. The van der Waals surface area contributed by atoms with Crippen molar-refractivity contribution in [2.24, 2.45) is 11.8 Å². The van der Waals surface area contributed by atoms with E-state index in [2.05, 4.69) is 13.2 Å². The fraction of sp³-hybridized carbons (Fsp3) is 0.375. The average Bonchev–Trinajstić information content (AvgIpc) is 3.67. The number of carbonyl (C=O) groups is 3. The number of hydrogen-bond acceptors (Lipinski definition) is 5. The summed E-state index contributed by atoms with van der Waals surface area (Å²) >= 11 is 0. The molecule has 3 aliphatic heterocycles. The zero-order chi connectivity index (χ0) is 34.2. The molecule has 3 heterocycles. The van der Waals surface area contributed by atoms with Gasteiger partial charge in [0.15, 0.2) is 0 Å². The normalized spacial score (nSPS) is 26.2. The summed E-state index contributed by atoms with van der Waals surface area (Å²) < 4.78 is 6.98. The first kappa shape index (κ1) is 33.4. The van der Waals surface area contributed by atoms with Gasteiger partial charge in [0.25, 0.3) is 5.91 Å². The van der Waals surface area contributed by atoms with Crippen LogP contribution in [0.25, 0.3) is 0 Å². The van der Waals surface area contributed by atoms with Crippen LogP contribution in [0, 0.1) is 25.7 Å². The summed E-state index contributed by atoms with van der Waals surface area (Å²) in [5.74, 6) is -2.64. The summed E-state index contributed by atoms with van der Waals surface area (Å²) in [7, 11) is 0. The van der Waals surface area contributed by atoms with E-state index in [4.69, 9.17) is 4.74 Å². The van der Waals surface area contributed by atoms with Crippen LogP contribution < -0.4 is 9.80 Å². The molecular weight excluding hydrogens is 602 g/mol. The molecule has 250 valence electrons. The first-order valence-electron chi connectivity index (χ1n) is 16.7. The van der Waals surface area contributed by atoms with Gasteiger partial charge in [0.05, 0.1) is 30.1 Å². The molecule has 0 saturated carbocycles. The Morgan fingerprint density at radius 3 is 2.25 bits per heavy atom. The maximum absolute atomic E-state index is 15.2. The summed E-state index contributed by atoms with van der Waals surface area (Å²) in [5.41, 5.74) is 2.01. The topological polar surface area (TPSA) is 90.4 Å². The van der Waals surface area contributed by atoms with Crippen molar-refractivity contribution in [2.75, 3.05) is 29.5 Å². The predicted octanol–water partition coefficient (Wildman–Crippen LogP) is 5.41. The van der Waals surface area contributed by atoms with Crippen LogP contribution in [0.4, 0.5) is 11.4 Å². The number of ether oxygens (including phenoxy) is 1. The molecule has 1 spiro atoms. The summed E-state index contributed by atoms with van der Waals surface area (Å²) in [4.78, 5) is 49.9. The van der Waals surface area contributed by atoms with Gasteiger partial charge in [0.2, 0.25) is 11.8 Å². The van der Waals surface area contributed by atoms with E-state index in [-0.39, 0.29) is 37.4 Å². The van der Waals surface area contributed by atoms with Crippen molar-refractivity contribution in [1.82, 2.24) is 4.90 Å². The lowest BCUT2D eigenvalue weighted by Crippen LogP contribution is -2.59. The Morgan fingerprint density at radius 2 is 1.60 bits per heavy atom. The fourth-order valence-electron chi connectivity index (χ4n) is 8.37. The summed E-state index contributed by atoms with van der Waals surface area (Å²) in [6.45, 7) is 13.8. The van der Waals surface area contributed by atoms with Gasteiger partial charge in [0.1, 0.15) is 11.6 Å². The number of aliphatic hydroxyl groups excluding tert-OH is 1. The lowest BCUT2D eigenvalue weighted by molar-refractivity contribution is -0.148. The first-order valence-corrected chi connectivity index (χ1v) is 16.7. The van der Waals surface area contributed by atoms with Gasteiger partial charge in [-0.05, 0) is 74.9 Å². The second-order valence-corrected chi connectivity index (χ2v) is 13.6. The average molecular weight is 648 g/mol. The summed E-state index contributed by atoms with van der Waals surface area (Å²) in [6.07, 6.45) is 4.63. The number of likely N-dealkylation sites (tertiary alicyclic amines) is 1. The Hall–Kier alpha value is -4.53. The van der Waals surface area contributed by atoms with Crippen molar-refractivity contribution >= 4 is 29.1 Å². The number of aryl methyl sites for hydroxylation is 2. The Bertz CT molecular complexity index is 1710. The third-order valence-corrected chi connectivity index (χ3v) is 10.5. The van der Waals surface area contributed by atoms with Crippen LogP contribution in [0.5, 0.6) is 0 Å². The molecule has 6 atom stereocenters. The van der Waals surface area contributed by atoms with Gasteiger partial charge in [-0.2, -0.15) is 0 Å². The number of rotatable bonds is 12. The highest BCUT2D eigenvalue weighted by atomic mass is 16.5. The maximum Gasteiger partial charge on any atom is 0.253 e. The molecule has 0 aliphatic carbocycles. The molecule has 48 heavy (non-hydrogen) atoms. The molecule has 2 unspecified atom stereocenters. The minimum atomic E-state index is -1.26. The highest BCUT2D eigenvalue weighted by Gasteiger charge is 2.79. The minimum Gasteiger partial charge on any atom is -0.394 e. The lowest BCUT2D eigenvalue weighted by Gasteiger charge is -2.40. The van der Waals surface area contributed by atoms with Crippen LogP contribution in [0.2, 0.25) is 0 Å². The van der Waals surface area contributed by atoms with E-state index >= 15 is 9.59 Å². The monoisotopic (exact) mass is 647 g/mol. The fourth-order valence-corrected chi connectivity index (χ4v) is 8.37. The van der Waals surface area contributed by atoms with E-state index in [1.54, 1.807) is 26.9 Å². The van der Waals surface area contributed by atoms with Crippen molar-refractivity contribution in [3.8, 4) is 0 Å². The second-order valence-electron chi connectivity index (χ2n) is 13.6. The first-order chi connectivity index (χ1) is 23.1. The Kier molecular flexibility index (Phi) is 9.16. The lowest BCUT2D eigenvalue weighted by atomic mass is 9.66. The zero-order valence-electron chi connectivity index (χ0n) is 28.0. The molecular formula is C40H45N3O5. The van der Waals surface area contributed by atoms with Crippen LogP contribution in [0.15, 0.2) is 104 Å². The predicted molar refractivity (Wildman–Crippen MR) is 188 cm³/mol. The second kappa shape index (κ2) is 13.2. The van der Waals surface area contributed by atoms with Gasteiger partial charge >= 0.3 is 0 Å². The van der Waals surface area contributed by atoms with Gasteiger partial charge in [-0.15, -0.1) is 13.2 Å². The van der Waals surface area contributed by atoms with Crippen molar-refractivity contribution < 1.29 is 24.2 Å². The summed E-state index contributed by atoms with van der Waals surface area (Å²) in [6, 6.07) is 23.1. The molecule has 1 N–H and O–H groups in total. The molecule has 0 radical (unpaired) electrons. The van der Waals surface area contributed by atoms with Crippen LogP contribution in [0.3, 0.4) is 0 Å². The van der Waals surface area contributed by atoms with Gasteiger partial charge in [0, 0.05) is 24.5 Å². The van der Waals surface area contributed by atoms with Crippen molar-refractivity contribution in [1.29, 1.82) is 0 Å². The van der Waals surface area contributed by atoms with E-state index in [0.717, 1.165) is 22.4 Å².